The molecule has 464 valence electrons. The van der Waals surface area contributed by atoms with Gasteiger partial charge >= 0.3 is 0 Å². The molecule has 0 spiro atoms. The Balaban J connectivity index is 1.02. The van der Waals surface area contributed by atoms with Crippen LogP contribution in [-0.2, 0) is 5.41 Å². The van der Waals surface area contributed by atoms with Gasteiger partial charge in [-0.25, -0.2) is 0 Å². The third-order valence-electron chi connectivity index (χ3n) is 20.5. The van der Waals surface area contributed by atoms with Gasteiger partial charge in [-0.15, -0.1) is 0 Å². The van der Waals surface area contributed by atoms with Crippen LogP contribution in [0.4, 0.5) is 34.1 Å². The Labute approximate surface area is 590 Å². The SMILES string of the molecule is [2H]c1c([2H])c([2H])c(-c2c([2H])c([2H])c3c(c2[2H])B2c4ccc(-c5cc6cccc7c8cccc9cccc(c(c5)c67)c98)cc4N(c4c(-c5ccccc5)cc(-c5ccccc5)cc4-c4ccccc4)c4cc(C(C)(C)C)cc(c42)N3c2c(-c3ccccc3)cc(-c3ccccc3)cc2-c2ccccc2)c([2H])c1[2H]. The molecule has 0 aromatic heterocycles. The molecule has 0 amide bonds. The largest absolute Gasteiger partial charge is 0.310 e. The third kappa shape index (κ3) is 9.63. The Kier molecular flexibility index (Phi) is 11.8. The second-order valence-electron chi connectivity index (χ2n) is 27.2. The van der Waals surface area contributed by atoms with Crippen LogP contribution in [0.15, 0.2) is 352 Å². The second-order valence-corrected chi connectivity index (χ2v) is 27.2. The number of rotatable bonds is 10. The van der Waals surface area contributed by atoms with Crippen molar-refractivity contribution in [3.05, 3.63) is 357 Å². The van der Waals surface area contributed by atoms with Crippen LogP contribution >= 0.6 is 0 Å². The van der Waals surface area contributed by atoms with Gasteiger partial charge in [0.15, 0.2) is 0 Å². The predicted molar refractivity (Wildman–Crippen MR) is 424 cm³/mol. The molecule has 17 aromatic carbocycles. The average Bonchev–Trinajstić information content (AvgIpc) is 0.675. The monoisotopic (exact) mass is 1270 g/mol. The molecule has 0 saturated heterocycles. The van der Waals surface area contributed by atoms with Crippen LogP contribution in [0.1, 0.15) is 37.3 Å². The summed E-state index contributed by atoms with van der Waals surface area (Å²) in [6, 6.07) is 104. The topological polar surface area (TPSA) is 6.48 Å². The van der Waals surface area contributed by atoms with Gasteiger partial charge in [-0.2, -0.15) is 0 Å². The van der Waals surface area contributed by atoms with E-state index < -0.39 is 48.4 Å². The lowest BCUT2D eigenvalue weighted by Crippen LogP contribution is -2.61. The molecule has 0 aliphatic carbocycles. The first-order chi connectivity index (χ1) is 52.1. The van der Waals surface area contributed by atoms with E-state index in [1.807, 2.05) is 54.6 Å². The summed E-state index contributed by atoms with van der Waals surface area (Å²) in [5.41, 5.74) is 19.4. The van der Waals surface area contributed by atoms with E-state index in [1.165, 1.54) is 32.3 Å². The standard InChI is InChI=1S/C96H67BN2/c1-96(2,3)76-60-89-93-90(61-76)99(95-82(67-38-21-9-22-39-67)55-75(64-32-15-6-16-33-64)56-83(95)68-40-23-10-24-41-68)88-59-71(73-52-72-44-27-46-78-77-45-25-42-69-43-26-47-79(91(69)77)84(57-73)92(72)78)48-50-85(88)97(93)86-58-70(62-28-11-4-12-29-62)49-51-87(86)98(89)94-80(65-34-17-7-18-35-65)53-74(63-30-13-5-14-31-63)54-81(94)66-36-19-8-20-37-66/h4-61H,1-3H3/i4D,11D,12D,28D,29D,49D,51D,58D. The first-order valence-electron chi connectivity index (χ1n) is 38.0. The molecule has 2 heterocycles. The maximum atomic E-state index is 11.3. The minimum Gasteiger partial charge on any atom is -0.310 e. The fraction of sp³-hybridized carbons (Fsp3) is 0.0417. The van der Waals surface area contributed by atoms with Crippen molar-refractivity contribution in [2.24, 2.45) is 0 Å². The first kappa shape index (κ1) is 50.1. The van der Waals surface area contributed by atoms with Gasteiger partial charge in [0.05, 0.1) is 22.3 Å². The maximum Gasteiger partial charge on any atom is 0.252 e. The summed E-state index contributed by atoms with van der Waals surface area (Å²) in [6.07, 6.45) is 0. The van der Waals surface area contributed by atoms with E-state index in [0.717, 1.165) is 128 Å². The van der Waals surface area contributed by atoms with Crippen LogP contribution in [0, 0.1) is 0 Å². The van der Waals surface area contributed by atoms with Gasteiger partial charge in [-0.3, -0.25) is 0 Å². The predicted octanol–water partition coefficient (Wildman–Crippen LogP) is 24.5. The van der Waals surface area contributed by atoms with Gasteiger partial charge < -0.3 is 9.80 Å². The van der Waals surface area contributed by atoms with Gasteiger partial charge in [0.25, 0.3) is 6.71 Å². The number of nitrogens with zero attached hydrogens (tertiary/aromatic N) is 2. The van der Waals surface area contributed by atoms with Crippen LogP contribution in [0.5, 0.6) is 0 Å². The highest BCUT2D eigenvalue weighted by atomic mass is 15.2. The molecule has 0 fully saturated rings. The zero-order valence-electron chi connectivity index (χ0n) is 62.8. The Morgan fingerprint density at radius 2 is 0.707 bits per heavy atom. The van der Waals surface area contributed by atoms with Gasteiger partial charge in [0.2, 0.25) is 0 Å². The Bertz CT molecular complexity index is 6350. The molecule has 2 nitrogen and oxygen atoms in total. The second kappa shape index (κ2) is 23.2. The van der Waals surface area contributed by atoms with Crippen molar-refractivity contribution in [3.63, 3.8) is 0 Å². The molecule has 3 heteroatoms. The molecule has 0 unspecified atom stereocenters. The van der Waals surface area contributed by atoms with Crippen LogP contribution in [0.2, 0.25) is 0 Å². The molecule has 99 heavy (non-hydrogen) atoms. The van der Waals surface area contributed by atoms with E-state index in [-0.39, 0.29) is 28.9 Å². The van der Waals surface area contributed by atoms with E-state index in [9.17, 15) is 6.85 Å². The van der Waals surface area contributed by atoms with Crippen LogP contribution in [0.25, 0.3) is 132 Å². The lowest BCUT2D eigenvalue weighted by Gasteiger charge is -2.46. The highest BCUT2D eigenvalue weighted by Crippen LogP contribution is 2.56. The van der Waals surface area contributed by atoms with E-state index in [1.54, 1.807) is 0 Å². The molecule has 2 aliphatic rings. The molecular weight excluding hydrogens is 1190 g/mol. The summed E-state index contributed by atoms with van der Waals surface area (Å²) >= 11 is 0. The van der Waals surface area contributed by atoms with Crippen molar-refractivity contribution < 1.29 is 11.0 Å². The molecule has 0 bridgehead atoms. The zero-order chi connectivity index (χ0) is 72.8. The van der Waals surface area contributed by atoms with E-state index in [0.29, 0.717) is 11.2 Å². The summed E-state index contributed by atoms with van der Waals surface area (Å²) in [5.74, 6) is 0. The number of fused-ring (bicyclic) bond motifs is 6. The number of hydrogen-bond acceptors (Lipinski definition) is 2. The van der Waals surface area contributed by atoms with Gasteiger partial charge in [0.1, 0.15) is 0 Å². The summed E-state index contributed by atoms with van der Waals surface area (Å²) in [5, 5.41) is 9.39. The maximum absolute atomic E-state index is 11.3. The Morgan fingerprint density at radius 3 is 1.18 bits per heavy atom. The fourth-order valence-electron chi connectivity index (χ4n) is 15.9. The van der Waals surface area contributed by atoms with E-state index in [4.69, 9.17) is 4.11 Å². The molecule has 0 N–H and O–H groups in total. The number of anilines is 6. The normalized spacial score (nSPS) is 13.7. The molecular formula is C96H67BN2. The smallest absolute Gasteiger partial charge is 0.252 e. The summed E-state index contributed by atoms with van der Waals surface area (Å²) in [6.45, 7) is 5.81. The quantitative estimate of drug-likeness (QED) is 0.0765. The average molecular weight is 1270 g/mol. The third-order valence-corrected chi connectivity index (χ3v) is 20.5. The summed E-state index contributed by atoms with van der Waals surface area (Å²) in [7, 11) is 0. The molecule has 2 aliphatic heterocycles. The molecule has 17 aromatic rings. The van der Waals surface area contributed by atoms with Crippen molar-refractivity contribution in [2.75, 3.05) is 9.80 Å². The van der Waals surface area contributed by atoms with Crippen LogP contribution < -0.4 is 26.2 Å². The minimum atomic E-state index is -0.899. The molecule has 19 rings (SSSR count). The highest BCUT2D eigenvalue weighted by Gasteiger charge is 2.46. The lowest BCUT2D eigenvalue weighted by atomic mass is 9.33. The summed E-state index contributed by atoms with van der Waals surface area (Å²) in [4.78, 5) is 4.66. The highest BCUT2D eigenvalue weighted by molar-refractivity contribution is 7.00. The fourth-order valence-corrected chi connectivity index (χ4v) is 15.9. The lowest BCUT2D eigenvalue weighted by molar-refractivity contribution is 0.590. The van der Waals surface area contributed by atoms with Crippen LogP contribution in [0.3, 0.4) is 0 Å². The minimum absolute atomic E-state index is 0.219. The van der Waals surface area contributed by atoms with Crippen LogP contribution in [-0.4, -0.2) is 6.71 Å². The van der Waals surface area contributed by atoms with Crippen molar-refractivity contribution in [2.45, 2.75) is 26.2 Å². The van der Waals surface area contributed by atoms with E-state index >= 15 is 0 Å². The Morgan fingerprint density at radius 1 is 0.283 bits per heavy atom. The van der Waals surface area contributed by atoms with Crippen molar-refractivity contribution in [1.82, 2.24) is 0 Å². The summed E-state index contributed by atoms with van der Waals surface area (Å²) < 4.78 is 79.4. The zero-order valence-corrected chi connectivity index (χ0v) is 54.8. The number of benzene rings is 17. The molecule has 0 radical (unpaired) electrons. The van der Waals surface area contributed by atoms with Gasteiger partial charge in [-0.05, 0) is 198 Å². The van der Waals surface area contributed by atoms with Gasteiger partial charge in [-0.1, -0.05) is 312 Å². The molecule has 0 atom stereocenters. The van der Waals surface area contributed by atoms with E-state index in [2.05, 4.69) is 279 Å². The Hall–Kier alpha value is -12.3. The molecule has 0 saturated carbocycles. The van der Waals surface area contributed by atoms with Crippen molar-refractivity contribution >= 4 is 100 Å². The van der Waals surface area contributed by atoms with Gasteiger partial charge in [0, 0.05) is 45.0 Å². The van der Waals surface area contributed by atoms with Crippen molar-refractivity contribution in [3.8, 4) is 89.0 Å². The van der Waals surface area contributed by atoms with Crippen molar-refractivity contribution in [1.29, 1.82) is 0 Å². The number of hydrogen-bond donors (Lipinski definition) is 0. The first-order valence-corrected chi connectivity index (χ1v) is 34.0.